The molecule has 2 atom stereocenters. The van der Waals surface area contributed by atoms with Crippen molar-refractivity contribution in [2.45, 2.75) is 52.2 Å². The van der Waals surface area contributed by atoms with Crippen LogP contribution in [0.2, 0.25) is 0 Å². The largest absolute Gasteiger partial charge is 0.393 e. The van der Waals surface area contributed by atoms with Crippen LogP contribution in [0.4, 0.5) is 0 Å². The number of fused-ring (bicyclic) bond motifs is 1. The first-order chi connectivity index (χ1) is 10.5. The molecule has 3 rings (SSSR count). The number of nitrogens with zero attached hydrogens (tertiary/aromatic N) is 1. The standard InChI is InChI=1S/C18H24N2O2/c1-11(21)9-15-5-4-8-20(15)18(22)14-6-7-17-16(10-14)12(2)13(3)19-17/h6-7,10-11,15,19,21H,4-5,8-9H2,1-3H3. The van der Waals surface area contributed by atoms with Gasteiger partial charge in [0.05, 0.1) is 6.10 Å². The van der Waals surface area contributed by atoms with Crippen molar-refractivity contribution in [3.63, 3.8) is 0 Å². The molecule has 4 heteroatoms. The van der Waals surface area contributed by atoms with Crippen LogP contribution < -0.4 is 0 Å². The molecule has 2 aromatic rings. The molecular formula is C18H24N2O2. The summed E-state index contributed by atoms with van der Waals surface area (Å²) in [5.41, 5.74) is 4.17. The normalized spacial score (nSPS) is 19.8. The fraction of sp³-hybridized carbons (Fsp3) is 0.500. The number of carbonyl (C=O) groups is 1. The third-order valence-corrected chi connectivity index (χ3v) is 4.81. The molecule has 2 unspecified atom stereocenters. The summed E-state index contributed by atoms with van der Waals surface area (Å²) in [6, 6.07) is 6.05. The molecule has 118 valence electrons. The molecule has 1 saturated heterocycles. The van der Waals surface area contributed by atoms with Gasteiger partial charge in [-0.2, -0.15) is 0 Å². The van der Waals surface area contributed by atoms with Crippen LogP contribution in [0.5, 0.6) is 0 Å². The highest BCUT2D eigenvalue weighted by Crippen LogP contribution is 2.26. The summed E-state index contributed by atoms with van der Waals surface area (Å²) >= 11 is 0. The van der Waals surface area contributed by atoms with E-state index in [1.165, 1.54) is 5.56 Å². The lowest BCUT2D eigenvalue weighted by molar-refractivity contribution is 0.0682. The van der Waals surface area contributed by atoms with Crippen molar-refractivity contribution in [1.29, 1.82) is 0 Å². The van der Waals surface area contributed by atoms with Gasteiger partial charge in [0.1, 0.15) is 0 Å². The highest BCUT2D eigenvalue weighted by atomic mass is 16.3. The molecule has 0 spiro atoms. The van der Waals surface area contributed by atoms with Gasteiger partial charge in [0.15, 0.2) is 0 Å². The number of aryl methyl sites for hydroxylation is 2. The topological polar surface area (TPSA) is 56.3 Å². The highest BCUT2D eigenvalue weighted by Gasteiger charge is 2.30. The van der Waals surface area contributed by atoms with Gasteiger partial charge in [-0.15, -0.1) is 0 Å². The first-order valence-electron chi connectivity index (χ1n) is 8.05. The van der Waals surface area contributed by atoms with Gasteiger partial charge in [0, 0.05) is 34.7 Å². The number of aliphatic hydroxyl groups is 1. The van der Waals surface area contributed by atoms with Gasteiger partial charge < -0.3 is 15.0 Å². The van der Waals surface area contributed by atoms with Crippen LogP contribution in [0, 0.1) is 13.8 Å². The Bertz CT molecular complexity index is 702. The molecule has 1 aliphatic heterocycles. The van der Waals surface area contributed by atoms with Gasteiger partial charge in [-0.05, 0) is 63.8 Å². The molecule has 0 bridgehead atoms. The summed E-state index contributed by atoms with van der Waals surface area (Å²) in [7, 11) is 0. The lowest BCUT2D eigenvalue weighted by Gasteiger charge is -2.25. The van der Waals surface area contributed by atoms with E-state index < -0.39 is 0 Å². The van der Waals surface area contributed by atoms with Crippen molar-refractivity contribution in [1.82, 2.24) is 9.88 Å². The van der Waals surface area contributed by atoms with Crippen molar-refractivity contribution in [2.24, 2.45) is 0 Å². The highest BCUT2D eigenvalue weighted by molar-refractivity contribution is 5.99. The summed E-state index contributed by atoms with van der Waals surface area (Å²) in [5, 5.41) is 10.7. The second kappa shape index (κ2) is 5.76. The van der Waals surface area contributed by atoms with Crippen LogP contribution in [0.1, 0.15) is 47.8 Å². The fourth-order valence-electron chi connectivity index (χ4n) is 3.50. The van der Waals surface area contributed by atoms with E-state index in [4.69, 9.17) is 0 Å². The van der Waals surface area contributed by atoms with Crippen LogP contribution in [0.15, 0.2) is 18.2 Å². The summed E-state index contributed by atoms with van der Waals surface area (Å²) in [4.78, 5) is 18.1. The van der Waals surface area contributed by atoms with Crippen molar-refractivity contribution in [2.75, 3.05) is 6.54 Å². The van der Waals surface area contributed by atoms with E-state index in [0.717, 1.165) is 41.5 Å². The maximum Gasteiger partial charge on any atom is 0.254 e. The second-order valence-corrected chi connectivity index (χ2v) is 6.51. The average Bonchev–Trinajstić information content (AvgIpc) is 3.03. The summed E-state index contributed by atoms with van der Waals surface area (Å²) < 4.78 is 0. The van der Waals surface area contributed by atoms with Gasteiger partial charge in [-0.3, -0.25) is 4.79 Å². The number of H-pyrrole nitrogens is 1. The van der Waals surface area contributed by atoms with Crippen molar-refractivity contribution in [3.8, 4) is 0 Å². The van der Waals surface area contributed by atoms with Crippen molar-refractivity contribution in [3.05, 3.63) is 35.0 Å². The van der Waals surface area contributed by atoms with Gasteiger partial charge in [0.25, 0.3) is 5.91 Å². The zero-order valence-electron chi connectivity index (χ0n) is 13.5. The van der Waals surface area contributed by atoms with Gasteiger partial charge in [-0.1, -0.05) is 0 Å². The van der Waals surface area contributed by atoms with E-state index in [0.29, 0.717) is 6.42 Å². The van der Waals surface area contributed by atoms with E-state index in [1.54, 1.807) is 6.92 Å². The third-order valence-electron chi connectivity index (χ3n) is 4.81. The summed E-state index contributed by atoms with van der Waals surface area (Å²) in [5.74, 6) is 0.0864. The van der Waals surface area contributed by atoms with Crippen LogP contribution in [-0.4, -0.2) is 39.6 Å². The summed E-state index contributed by atoms with van der Waals surface area (Å²) in [6.45, 7) is 6.71. The molecule has 22 heavy (non-hydrogen) atoms. The number of amides is 1. The Morgan fingerprint density at radius 2 is 2.23 bits per heavy atom. The molecule has 2 heterocycles. The maximum atomic E-state index is 12.8. The number of likely N-dealkylation sites (tertiary alicyclic amines) is 1. The Kier molecular flexibility index (Phi) is 3.96. The third kappa shape index (κ3) is 2.63. The number of aromatic amines is 1. The summed E-state index contributed by atoms with van der Waals surface area (Å²) in [6.07, 6.45) is 2.31. The predicted molar refractivity (Wildman–Crippen MR) is 88.1 cm³/mol. The molecule has 1 aliphatic rings. The minimum absolute atomic E-state index is 0.0864. The van der Waals surface area contributed by atoms with E-state index in [9.17, 15) is 9.90 Å². The first kappa shape index (κ1) is 15.1. The van der Waals surface area contributed by atoms with Gasteiger partial charge in [0.2, 0.25) is 0 Å². The monoisotopic (exact) mass is 300 g/mol. The molecule has 2 N–H and O–H groups in total. The van der Waals surface area contributed by atoms with Gasteiger partial charge in [-0.25, -0.2) is 0 Å². The van der Waals surface area contributed by atoms with E-state index in [-0.39, 0.29) is 18.1 Å². The Morgan fingerprint density at radius 1 is 1.45 bits per heavy atom. The van der Waals surface area contributed by atoms with Crippen LogP contribution in [0.25, 0.3) is 10.9 Å². The van der Waals surface area contributed by atoms with Crippen LogP contribution in [-0.2, 0) is 0 Å². The molecule has 1 fully saturated rings. The Balaban J connectivity index is 1.89. The number of benzene rings is 1. The Hall–Kier alpha value is -1.81. The quantitative estimate of drug-likeness (QED) is 0.915. The van der Waals surface area contributed by atoms with Crippen LogP contribution >= 0.6 is 0 Å². The molecule has 0 aliphatic carbocycles. The van der Waals surface area contributed by atoms with Crippen LogP contribution in [0.3, 0.4) is 0 Å². The molecule has 1 aromatic heterocycles. The first-order valence-corrected chi connectivity index (χ1v) is 8.05. The number of hydrogen-bond acceptors (Lipinski definition) is 2. The molecule has 0 radical (unpaired) electrons. The number of rotatable bonds is 3. The number of aromatic nitrogens is 1. The number of nitrogens with one attached hydrogen (secondary N) is 1. The Morgan fingerprint density at radius 3 is 2.95 bits per heavy atom. The molecule has 4 nitrogen and oxygen atoms in total. The minimum Gasteiger partial charge on any atom is -0.393 e. The zero-order chi connectivity index (χ0) is 15.9. The number of aliphatic hydroxyl groups excluding tert-OH is 1. The molecular weight excluding hydrogens is 276 g/mol. The lowest BCUT2D eigenvalue weighted by Crippen LogP contribution is -2.37. The number of carbonyl (C=O) groups excluding carboxylic acids is 1. The minimum atomic E-state index is -0.365. The SMILES string of the molecule is Cc1[nH]c2ccc(C(=O)N3CCCC3CC(C)O)cc2c1C. The lowest BCUT2D eigenvalue weighted by atomic mass is 10.1. The maximum absolute atomic E-state index is 12.8. The second-order valence-electron chi connectivity index (χ2n) is 6.51. The van der Waals surface area contributed by atoms with E-state index in [2.05, 4.69) is 18.8 Å². The molecule has 1 aromatic carbocycles. The fourth-order valence-corrected chi connectivity index (χ4v) is 3.50. The average molecular weight is 300 g/mol. The van der Waals surface area contributed by atoms with Crippen molar-refractivity contribution >= 4 is 16.8 Å². The Labute approximate surface area is 131 Å². The smallest absolute Gasteiger partial charge is 0.254 e. The molecule has 0 saturated carbocycles. The molecule has 1 amide bonds. The van der Waals surface area contributed by atoms with Gasteiger partial charge >= 0.3 is 0 Å². The van der Waals surface area contributed by atoms with E-state index >= 15 is 0 Å². The zero-order valence-corrected chi connectivity index (χ0v) is 13.5. The predicted octanol–water partition coefficient (Wildman–Crippen LogP) is 3.16. The number of hydrogen-bond donors (Lipinski definition) is 2. The van der Waals surface area contributed by atoms with E-state index in [1.807, 2.05) is 23.1 Å². The van der Waals surface area contributed by atoms with Crippen molar-refractivity contribution < 1.29 is 9.90 Å².